The Kier molecular flexibility index (Phi) is 4.37. The minimum absolute atomic E-state index is 0.0162. The van der Waals surface area contributed by atoms with Crippen LogP contribution in [0.2, 0.25) is 0 Å². The van der Waals surface area contributed by atoms with Crippen LogP contribution in [0.15, 0.2) is 0 Å². The predicted molar refractivity (Wildman–Crippen MR) is 58.1 cm³/mol. The maximum absolute atomic E-state index is 12.2. The highest BCUT2D eigenvalue weighted by molar-refractivity contribution is 7.15. The molecule has 0 saturated carbocycles. The molecule has 1 heterocycles. The van der Waals surface area contributed by atoms with Gasteiger partial charge in [-0.15, -0.1) is 21.8 Å². The molecule has 92 valence electrons. The van der Waals surface area contributed by atoms with Gasteiger partial charge in [0, 0.05) is 19.0 Å². The molecule has 3 nitrogen and oxygen atoms in total. The van der Waals surface area contributed by atoms with Gasteiger partial charge in [-0.3, -0.25) is 0 Å². The highest BCUT2D eigenvalue weighted by Crippen LogP contribution is 2.33. The molecule has 0 bridgehead atoms. The molecule has 1 aromatic rings. The lowest BCUT2D eigenvalue weighted by molar-refractivity contribution is -0.138. The molecule has 0 saturated heterocycles. The van der Waals surface area contributed by atoms with Gasteiger partial charge in [0.05, 0.1) is 0 Å². The second kappa shape index (κ2) is 5.18. The molecular formula is C8H11ClF3N3S. The van der Waals surface area contributed by atoms with E-state index < -0.39 is 11.2 Å². The molecule has 1 atom stereocenters. The smallest absolute Gasteiger partial charge is 0.350 e. The quantitative estimate of drug-likeness (QED) is 0.790. The molecule has 0 radical (unpaired) electrons. The Morgan fingerprint density at radius 2 is 2.06 bits per heavy atom. The van der Waals surface area contributed by atoms with Crippen molar-refractivity contribution in [3.8, 4) is 0 Å². The molecule has 0 aliphatic heterocycles. The van der Waals surface area contributed by atoms with E-state index in [1.807, 2.05) is 6.92 Å². The lowest BCUT2D eigenvalue weighted by Crippen LogP contribution is -2.20. The minimum Gasteiger partial charge on any atom is -0.350 e. The van der Waals surface area contributed by atoms with E-state index in [4.69, 9.17) is 11.6 Å². The van der Waals surface area contributed by atoms with Crippen molar-refractivity contribution in [3.05, 3.63) is 5.01 Å². The summed E-state index contributed by atoms with van der Waals surface area (Å²) in [5, 5.41) is 5.91. The van der Waals surface area contributed by atoms with E-state index in [2.05, 4.69) is 10.2 Å². The maximum atomic E-state index is 12.2. The lowest BCUT2D eigenvalue weighted by atomic mass is 10.3. The summed E-state index contributed by atoms with van der Waals surface area (Å²) in [4.78, 5) is 1.62. The van der Waals surface area contributed by atoms with Crippen LogP contribution in [0.3, 0.4) is 0 Å². The summed E-state index contributed by atoms with van der Waals surface area (Å²) >= 11 is 6.28. The number of anilines is 1. The van der Waals surface area contributed by atoms with Crippen LogP contribution in [-0.4, -0.2) is 29.2 Å². The van der Waals surface area contributed by atoms with Crippen molar-refractivity contribution >= 4 is 28.1 Å². The Bertz CT molecular complexity index is 340. The molecule has 0 N–H and O–H groups in total. The molecule has 0 aromatic carbocycles. The number of hydrogen-bond acceptors (Lipinski definition) is 4. The van der Waals surface area contributed by atoms with Gasteiger partial charge in [0.1, 0.15) is 0 Å². The van der Waals surface area contributed by atoms with Gasteiger partial charge in [0.2, 0.25) is 10.1 Å². The fourth-order valence-electron chi connectivity index (χ4n) is 0.951. The first kappa shape index (κ1) is 13.5. The van der Waals surface area contributed by atoms with Crippen LogP contribution in [0.4, 0.5) is 18.3 Å². The maximum Gasteiger partial charge on any atom is 0.445 e. The largest absolute Gasteiger partial charge is 0.445 e. The van der Waals surface area contributed by atoms with E-state index in [1.165, 1.54) is 0 Å². The molecule has 1 rings (SSSR count). The Labute approximate surface area is 100 Å². The summed E-state index contributed by atoms with van der Waals surface area (Å²) in [6.07, 6.45) is -3.74. The second-order valence-electron chi connectivity index (χ2n) is 3.38. The molecule has 0 aliphatic rings. The van der Waals surface area contributed by atoms with Crippen molar-refractivity contribution in [2.24, 2.45) is 0 Å². The highest BCUT2D eigenvalue weighted by atomic mass is 35.5. The number of rotatable bonds is 4. The van der Waals surface area contributed by atoms with Gasteiger partial charge >= 0.3 is 6.18 Å². The third kappa shape index (κ3) is 3.79. The van der Waals surface area contributed by atoms with Crippen molar-refractivity contribution < 1.29 is 13.2 Å². The van der Waals surface area contributed by atoms with Crippen molar-refractivity contribution in [3.63, 3.8) is 0 Å². The van der Waals surface area contributed by atoms with E-state index in [1.54, 1.807) is 11.9 Å². The van der Waals surface area contributed by atoms with Crippen molar-refractivity contribution in [1.29, 1.82) is 0 Å². The number of halogens is 4. The minimum atomic E-state index is -4.42. The summed E-state index contributed by atoms with van der Waals surface area (Å²) in [7, 11) is 1.67. The van der Waals surface area contributed by atoms with Gasteiger partial charge in [-0.05, 0) is 13.3 Å². The number of nitrogens with zero attached hydrogens (tertiary/aromatic N) is 3. The summed E-state index contributed by atoms with van der Waals surface area (Å²) in [5.74, 6) is 0. The summed E-state index contributed by atoms with van der Waals surface area (Å²) in [6.45, 7) is 2.38. The van der Waals surface area contributed by atoms with E-state index in [0.29, 0.717) is 24.3 Å². The van der Waals surface area contributed by atoms with Crippen LogP contribution >= 0.6 is 22.9 Å². The third-order valence-electron chi connectivity index (χ3n) is 1.85. The number of hydrogen-bond donors (Lipinski definition) is 0. The van der Waals surface area contributed by atoms with Crippen molar-refractivity contribution in [2.45, 2.75) is 24.9 Å². The Hall–Kier alpha value is -0.560. The molecule has 1 unspecified atom stereocenters. The van der Waals surface area contributed by atoms with Crippen LogP contribution in [0.5, 0.6) is 0 Å². The van der Waals surface area contributed by atoms with Gasteiger partial charge in [0.25, 0.3) is 0 Å². The van der Waals surface area contributed by atoms with Crippen LogP contribution < -0.4 is 4.90 Å². The lowest BCUT2D eigenvalue weighted by Gasteiger charge is -2.15. The summed E-state index contributed by atoms with van der Waals surface area (Å²) in [5.41, 5.74) is 0. The van der Waals surface area contributed by atoms with Gasteiger partial charge < -0.3 is 4.90 Å². The second-order valence-corrected chi connectivity index (χ2v) is 5.08. The van der Waals surface area contributed by atoms with Crippen molar-refractivity contribution in [2.75, 3.05) is 18.5 Å². The van der Waals surface area contributed by atoms with Gasteiger partial charge in [-0.2, -0.15) is 13.2 Å². The topological polar surface area (TPSA) is 29.0 Å². The molecule has 0 aliphatic carbocycles. The monoisotopic (exact) mass is 273 g/mol. The first-order chi connectivity index (χ1) is 7.30. The first-order valence-corrected chi connectivity index (χ1v) is 5.82. The summed E-state index contributed by atoms with van der Waals surface area (Å²) in [6, 6.07) is 0. The van der Waals surface area contributed by atoms with Crippen LogP contribution in [0.25, 0.3) is 0 Å². The zero-order chi connectivity index (χ0) is 12.3. The van der Waals surface area contributed by atoms with Crippen LogP contribution in [0.1, 0.15) is 18.4 Å². The normalized spacial score (nSPS) is 13.9. The molecule has 0 fully saturated rings. The molecule has 1 aromatic heterocycles. The van der Waals surface area contributed by atoms with E-state index in [0.717, 1.165) is 0 Å². The molecule has 0 amide bonds. The van der Waals surface area contributed by atoms with Crippen LogP contribution in [0, 0.1) is 0 Å². The zero-order valence-corrected chi connectivity index (χ0v) is 10.3. The SMILES string of the molecule is CC(Cl)CCN(C)c1nnc(C(F)(F)F)s1. The van der Waals surface area contributed by atoms with Crippen LogP contribution in [-0.2, 0) is 6.18 Å². The average Bonchev–Trinajstić information content (AvgIpc) is 2.61. The van der Waals surface area contributed by atoms with Gasteiger partial charge in [0.15, 0.2) is 0 Å². The Balaban J connectivity index is 2.63. The van der Waals surface area contributed by atoms with Gasteiger partial charge in [-0.25, -0.2) is 0 Å². The predicted octanol–water partition coefficient (Wildman–Crippen LogP) is 3.01. The van der Waals surface area contributed by atoms with E-state index in [-0.39, 0.29) is 10.5 Å². The van der Waals surface area contributed by atoms with E-state index in [9.17, 15) is 13.2 Å². The third-order valence-corrected chi connectivity index (χ3v) is 3.15. The van der Waals surface area contributed by atoms with Gasteiger partial charge in [-0.1, -0.05) is 11.3 Å². The average molecular weight is 274 g/mol. The Morgan fingerprint density at radius 1 is 1.44 bits per heavy atom. The first-order valence-electron chi connectivity index (χ1n) is 4.56. The Morgan fingerprint density at radius 3 is 2.50 bits per heavy atom. The number of aromatic nitrogens is 2. The van der Waals surface area contributed by atoms with E-state index >= 15 is 0 Å². The molecule has 16 heavy (non-hydrogen) atoms. The number of alkyl halides is 4. The zero-order valence-electron chi connectivity index (χ0n) is 8.75. The molecule has 0 spiro atoms. The summed E-state index contributed by atoms with van der Waals surface area (Å²) < 4.78 is 36.7. The highest BCUT2D eigenvalue weighted by Gasteiger charge is 2.36. The fourth-order valence-corrected chi connectivity index (χ4v) is 1.75. The van der Waals surface area contributed by atoms with Crippen molar-refractivity contribution in [1.82, 2.24) is 10.2 Å². The fraction of sp³-hybridized carbons (Fsp3) is 0.750. The molecular weight excluding hydrogens is 263 g/mol. The molecule has 8 heteroatoms. The standard InChI is InChI=1S/C8H11ClF3N3S/c1-5(9)3-4-15(2)7-14-13-6(16-7)8(10,11)12/h5H,3-4H2,1-2H3.